The number of carbonyl (C=O) groups is 2. The highest BCUT2D eigenvalue weighted by molar-refractivity contribution is 5.88. The van der Waals surface area contributed by atoms with Crippen molar-refractivity contribution in [2.45, 2.75) is 51.1 Å². The maximum Gasteiger partial charge on any atom is 0.245 e. The van der Waals surface area contributed by atoms with E-state index in [-0.39, 0.29) is 11.8 Å². The van der Waals surface area contributed by atoms with Gasteiger partial charge in [-0.25, -0.2) is 0 Å². The molecule has 2 unspecified atom stereocenters. The van der Waals surface area contributed by atoms with E-state index in [1.165, 1.54) is 12.8 Å². The van der Waals surface area contributed by atoms with Crippen molar-refractivity contribution in [2.24, 2.45) is 0 Å². The second-order valence-corrected chi connectivity index (χ2v) is 5.76. The third-order valence-corrected chi connectivity index (χ3v) is 4.22. The van der Waals surface area contributed by atoms with Crippen LogP contribution in [0.2, 0.25) is 0 Å². The van der Waals surface area contributed by atoms with Crippen LogP contribution in [0.3, 0.4) is 0 Å². The summed E-state index contributed by atoms with van der Waals surface area (Å²) in [4.78, 5) is 26.1. The summed E-state index contributed by atoms with van der Waals surface area (Å²) >= 11 is 0. The quantitative estimate of drug-likeness (QED) is 0.764. The van der Waals surface area contributed by atoms with Gasteiger partial charge >= 0.3 is 0 Å². The van der Waals surface area contributed by atoms with Crippen molar-refractivity contribution < 1.29 is 14.3 Å². The van der Waals surface area contributed by atoms with Crippen molar-refractivity contribution >= 4 is 11.8 Å². The zero-order valence-corrected chi connectivity index (χ0v) is 12.9. The summed E-state index contributed by atoms with van der Waals surface area (Å²) < 4.78 is 5.36. The molecule has 2 N–H and O–H groups in total. The minimum Gasteiger partial charge on any atom is -0.377 e. The van der Waals surface area contributed by atoms with Gasteiger partial charge in [-0.15, -0.1) is 0 Å². The number of carbonyl (C=O) groups excluding carboxylic acids is 2. The van der Waals surface area contributed by atoms with Gasteiger partial charge in [0, 0.05) is 25.6 Å². The number of rotatable bonds is 5. The van der Waals surface area contributed by atoms with Crippen molar-refractivity contribution in [3.8, 4) is 0 Å². The molecule has 2 atom stereocenters. The van der Waals surface area contributed by atoms with Crippen molar-refractivity contribution in [3.05, 3.63) is 0 Å². The normalized spacial score (nSPS) is 26.4. The van der Waals surface area contributed by atoms with Crippen molar-refractivity contribution in [1.82, 2.24) is 15.5 Å². The summed E-state index contributed by atoms with van der Waals surface area (Å²) in [5.74, 6) is -0.0386. The summed E-state index contributed by atoms with van der Waals surface area (Å²) in [6.07, 6.45) is 4.99. The van der Waals surface area contributed by atoms with E-state index in [1.807, 2.05) is 6.92 Å². The van der Waals surface area contributed by atoms with E-state index in [0.29, 0.717) is 38.8 Å². The predicted molar refractivity (Wildman–Crippen MR) is 79.9 cm³/mol. The molecule has 0 aromatic rings. The summed E-state index contributed by atoms with van der Waals surface area (Å²) in [6, 6.07) is -0.0165. The standard InChI is InChI=1S/C15H27N3O3/c1-2-16-15(20)13-11-21-10-9-18(13)14(19)7-6-12-5-3-4-8-17-12/h12-13,17H,2-11H2,1H3,(H,16,20). The van der Waals surface area contributed by atoms with Crippen LogP contribution in [0.4, 0.5) is 0 Å². The highest BCUT2D eigenvalue weighted by Gasteiger charge is 2.32. The number of amides is 2. The van der Waals surface area contributed by atoms with Gasteiger partial charge in [0.1, 0.15) is 6.04 Å². The molecule has 0 aliphatic carbocycles. The van der Waals surface area contributed by atoms with Gasteiger partial charge in [-0.1, -0.05) is 6.42 Å². The second kappa shape index (κ2) is 8.34. The van der Waals surface area contributed by atoms with Crippen LogP contribution in [-0.2, 0) is 14.3 Å². The van der Waals surface area contributed by atoms with E-state index >= 15 is 0 Å². The molecule has 2 aliphatic heterocycles. The molecule has 21 heavy (non-hydrogen) atoms. The average Bonchev–Trinajstić information content (AvgIpc) is 2.54. The number of likely N-dealkylation sites (N-methyl/N-ethyl adjacent to an activating group) is 1. The molecule has 2 saturated heterocycles. The lowest BCUT2D eigenvalue weighted by Crippen LogP contribution is -2.56. The van der Waals surface area contributed by atoms with Crippen LogP contribution in [0.25, 0.3) is 0 Å². The molecule has 120 valence electrons. The van der Waals surface area contributed by atoms with Crippen molar-refractivity contribution in [1.29, 1.82) is 0 Å². The largest absolute Gasteiger partial charge is 0.377 e. The smallest absolute Gasteiger partial charge is 0.245 e. The number of nitrogens with zero attached hydrogens (tertiary/aromatic N) is 1. The molecule has 6 heteroatoms. The minimum absolute atomic E-state index is 0.0712. The Bertz CT molecular complexity index is 356. The first-order chi connectivity index (χ1) is 10.2. The Morgan fingerprint density at radius 2 is 2.24 bits per heavy atom. The first kappa shape index (κ1) is 16.2. The van der Waals surface area contributed by atoms with E-state index < -0.39 is 6.04 Å². The fourth-order valence-corrected chi connectivity index (χ4v) is 3.02. The Labute approximate surface area is 126 Å². The predicted octanol–water partition coefficient (Wildman–Crippen LogP) is 0.272. The zero-order chi connectivity index (χ0) is 15.1. The maximum atomic E-state index is 12.4. The minimum atomic E-state index is -0.467. The molecule has 2 rings (SSSR count). The first-order valence-electron chi connectivity index (χ1n) is 8.10. The van der Waals surface area contributed by atoms with Crippen molar-refractivity contribution in [2.75, 3.05) is 32.8 Å². The third-order valence-electron chi connectivity index (χ3n) is 4.22. The Morgan fingerprint density at radius 3 is 2.95 bits per heavy atom. The summed E-state index contributed by atoms with van der Waals surface area (Å²) in [6.45, 7) is 4.84. The monoisotopic (exact) mass is 297 g/mol. The SMILES string of the molecule is CCNC(=O)C1COCCN1C(=O)CCC1CCCCN1. The molecule has 0 aromatic carbocycles. The lowest BCUT2D eigenvalue weighted by molar-refractivity contribution is -0.148. The number of hydrogen-bond donors (Lipinski definition) is 2. The number of piperidine rings is 1. The van der Waals surface area contributed by atoms with Crippen LogP contribution in [0.15, 0.2) is 0 Å². The molecular formula is C15H27N3O3. The number of hydrogen-bond acceptors (Lipinski definition) is 4. The van der Waals surface area contributed by atoms with Crippen LogP contribution < -0.4 is 10.6 Å². The zero-order valence-electron chi connectivity index (χ0n) is 12.9. The molecule has 0 aromatic heterocycles. The van der Waals surface area contributed by atoms with Crippen LogP contribution in [0.5, 0.6) is 0 Å². The first-order valence-corrected chi connectivity index (χ1v) is 8.10. The highest BCUT2D eigenvalue weighted by atomic mass is 16.5. The van der Waals surface area contributed by atoms with Gasteiger partial charge in [0.05, 0.1) is 13.2 Å². The third kappa shape index (κ3) is 4.68. The van der Waals surface area contributed by atoms with Crippen molar-refractivity contribution in [3.63, 3.8) is 0 Å². The molecule has 0 bridgehead atoms. The van der Waals surface area contributed by atoms with Gasteiger partial charge < -0.3 is 20.3 Å². The van der Waals surface area contributed by atoms with E-state index in [2.05, 4.69) is 10.6 Å². The molecule has 0 spiro atoms. The van der Waals surface area contributed by atoms with Crippen LogP contribution in [-0.4, -0.2) is 61.6 Å². The lowest BCUT2D eigenvalue weighted by atomic mass is 10.00. The Hall–Kier alpha value is -1.14. The molecule has 0 radical (unpaired) electrons. The van der Waals surface area contributed by atoms with Crippen LogP contribution in [0, 0.1) is 0 Å². The van der Waals surface area contributed by atoms with Crippen LogP contribution >= 0.6 is 0 Å². The van der Waals surface area contributed by atoms with Gasteiger partial charge in [0.2, 0.25) is 11.8 Å². The summed E-state index contributed by atoms with van der Waals surface area (Å²) in [7, 11) is 0. The molecule has 6 nitrogen and oxygen atoms in total. The number of nitrogens with one attached hydrogen (secondary N) is 2. The van der Waals surface area contributed by atoms with Gasteiger partial charge in [-0.05, 0) is 32.7 Å². The molecule has 2 heterocycles. The topological polar surface area (TPSA) is 70.7 Å². The van der Waals surface area contributed by atoms with E-state index in [4.69, 9.17) is 4.74 Å². The van der Waals surface area contributed by atoms with E-state index in [9.17, 15) is 9.59 Å². The van der Waals surface area contributed by atoms with Crippen LogP contribution in [0.1, 0.15) is 39.0 Å². The fraction of sp³-hybridized carbons (Fsp3) is 0.867. The fourth-order valence-electron chi connectivity index (χ4n) is 3.02. The Morgan fingerprint density at radius 1 is 1.38 bits per heavy atom. The number of ether oxygens (including phenoxy) is 1. The number of morpholine rings is 1. The van der Waals surface area contributed by atoms with E-state index in [0.717, 1.165) is 19.4 Å². The molecule has 2 amide bonds. The molecule has 2 fully saturated rings. The highest BCUT2D eigenvalue weighted by Crippen LogP contribution is 2.15. The molecule has 2 aliphatic rings. The van der Waals surface area contributed by atoms with Gasteiger partial charge in [0.25, 0.3) is 0 Å². The van der Waals surface area contributed by atoms with Gasteiger partial charge in [-0.3, -0.25) is 9.59 Å². The van der Waals surface area contributed by atoms with Gasteiger partial charge in [-0.2, -0.15) is 0 Å². The maximum absolute atomic E-state index is 12.4. The summed E-state index contributed by atoms with van der Waals surface area (Å²) in [5, 5.41) is 6.24. The molecular weight excluding hydrogens is 270 g/mol. The average molecular weight is 297 g/mol. The summed E-state index contributed by atoms with van der Waals surface area (Å²) in [5.41, 5.74) is 0. The molecule has 0 saturated carbocycles. The van der Waals surface area contributed by atoms with Gasteiger partial charge in [0.15, 0.2) is 0 Å². The Balaban J connectivity index is 1.84. The van der Waals surface area contributed by atoms with E-state index in [1.54, 1.807) is 4.90 Å². The lowest BCUT2D eigenvalue weighted by Gasteiger charge is -2.35. The Kier molecular flexibility index (Phi) is 6.45. The second-order valence-electron chi connectivity index (χ2n) is 5.76.